The smallest absolute Gasteiger partial charge is 0.421 e. The highest BCUT2D eigenvalue weighted by molar-refractivity contribution is 7.80. The van der Waals surface area contributed by atoms with E-state index in [1.54, 1.807) is 0 Å². The van der Waals surface area contributed by atoms with Gasteiger partial charge in [-0.1, -0.05) is 6.07 Å². The molecule has 5 nitrogen and oxygen atoms in total. The highest BCUT2D eigenvalue weighted by atomic mass is 32.1. The first-order chi connectivity index (χ1) is 9.23. The van der Waals surface area contributed by atoms with E-state index < -0.39 is 23.7 Å². The molecule has 0 fully saturated rings. The summed E-state index contributed by atoms with van der Waals surface area (Å²) in [7, 11) is 0. The number of hydrazone groups is 1. The van der Waals surface area contributed by atoms with Crippen molar-refractivity contribution in [3.05, 3.63) is 23.8 Å². The standard InChI is InChI=1S/C10H7F4N3O2S/c11-9(12)10(13,14)19-7-5(4-16-17-8(15)20)2-1-3-6(7)18-9/h1-4H,(H3,15,17,20). The molecule has 0 saturated heterocycles. The second-order valence-corrected chi connectivity index (χ2v) is 4.09. The average molecular weight is 309 g/mol. The number of hydrogen-bond acceptors (Lipinski definition) is 4. The van der Waals surface area contributed by atoms with Crippen LogP contribution < -0.4 is 20.6 Å². The van der Waals surface area contributed by atoms with Crippen LogP contribution in [0.5, 0.6) is 11.5 Å². The summed E-state index contributed by atoms with van der Waals surface area (Å²) in [5, 5.41) is 3.37. The van der Waals surface area contributed by atoms with Crippen molar-refractivity contribution in [1.29, 1.82) is 0 Å². The lowest BCUT2D eigenvalue weighted by Gasteiger charge is -2.32. The minimum atomic E-state index is -4.79. The molecule has 1 aromatic rings. The monoisotopic (exact) mass is 309 g/mol. The molecule has 0 spiro atoms. The predicted octanol–water partition coefficient (Wildman–Crippen LogP) is 1.81. The van der Waals surface area contributed by atoms with Gasteiger partial charge in [0.05, 0.1) is 6.21 Å². The van der Waals surface area contributed by atoms with E-state index in [4.69, 9.17) is 5.73 Å². The van der Waals surface area contributed by atoms with E-state index in [2.05, 4.69) is 32.2 Å². The maximum absolute atomic E-state index is 13.1. The van der Waals surface area contributed by atoms with Crippen LogP contribution in [0.15, 0.2) is 23.3 Å². The summed E-state index contributed by atoms with van der Waals surface area (Å²) in [6, 6.07) is 3.69. The van der Waals surface area contributed by atoms with Gasteiger partial charge in [-0.15, -0.1) is 0 Å². The van der Waals surface area contributed by atoms with Gasteiger partial charge in [-0.2, -0.15) is 22.7 Å². The van der Waals surface area contributed by atoms with Crippen molar-refractivity contribution < 1.29 is 27.0 Å². The number of thiocarbonyl (C=S) groups is 1. The summed E-state index contributed by atoms with van der Waals surface area (Å²) in [6.45, 7) is 0. The van der Waals surface area contributed by atoms with Gasteiger partial charge >= 0.3 is 12.2 Å². The summed E-state index contributed by atoms with van der Waals surface area (Å²) in [5.41, 5.74) is 7.28. The van der Waals surface area contributed by atoms with E-state index in [1.807, 2.05) is 0 Å². The number of nitrogens with one attached hydrogen (secondary N) is 1. The first-order valence-corrected chi connectivity index (χ1v) is 5.49. The molecule has 0 radical (unpaired) electrons. The van der Waals surface area contributed by atoms with Crippen molar-refractivity contribution in [2.24, 2.45) is 10.8 Å². The molecule has 1 heterocycles. The summed E-state index contributed by atoms with van der Waals surface area (Å²) in [4.78, 5) is 0. The summed E-state index contributed by atoms with van der Waals surface area (Å²) in [6.07, 6.45) is -8.52. The number of para-hydroxylation sites is 1. The fourth-order valence-corrected chi connectivity index (χ4v) is 1.43. The predicted molar refractivity (Wildman–Crippen MR) is 65.1 cm³/mol. The second kappa shape index (κ2) is 4.78. The Morgan fingerprint density at radius 1 is 1.25 bits per heavy atom. The molecule has 0 aliphatic carbocycles. The Hall–Kier alpha value is -2.10. The molecule has 0 aromatic heterocycles. The van der Waals surface area contributed by atoms with Crippen molar-refractivity contribution in [2.45, 2.75) is 12.2 Å². The van der Waals surface area contributed by atoms with Crippen LogP contribution >= 0.6 is 12.2 Å². The SMILES string of the molecule is NC(=S)NN=Cc1cccc2c1OC(F)(F)C(F)(F)O2. The minimum Gasteiger partial charge on any atom is -0.421 e. The van der Waals surface area contributed by atoms with Crippen molar-refractivity contribution in [3.8, 4) is 11.5 Å². The number of nitrogens with two attached hydrogens (primary N) is 1. The molecule has 1 aliphatic heterocycles. The van der Waals surface area contributed by atoms with Gasteiger partial charge in [0.25, 0.3) is 0 Å². The molecular formula is C10H7F4N3O2S. The number of benzene rings is 1. The van der Waals surface area contributed by atoms with Crippen molar-refractivity contribution >= 4 is 23.5 Å². The van der Waals surface area contributed by atoms with Crippen LogP contribution in [0.3, 0.4) is 0 Å². The number of fused-ring (bicyclic) bond motifs is 1. The molecular weight excluding hydrogens is 302 g/mol. The zero-order chi connectivity index (χ0) is 15.0. The Labute approximate surface area is 115 Å². The number of ether oxygens (including phenoxy) is 2. The van der Waals surface area contributed by atoms with E-state index in [9.17, 15) is 17.6 Å². The molecule has 0 bridgehead atoms. The lowest BCUT2D eigenvalue weighted by molar-refractivity contribution is -0.391. The highest BCUT2D eigenvalue weighted by Crippen LogP contribution is 2.47. The van der Waals surface area contributed by atoms with Gasteiger partial charge in [0.1, 0.15) is 0 Å². The van der Waals surface area contributed by atoms with Gasteiger partial charge in [0.15, 0.2) is 16.6 Å². The van der Waals surface area contributed by atoms with Crippen molar-refractivity contribution in [3.63, 3.8) is 0 Å². The van der Waals surface area contributed by atoms with Gasteiger partial charge in [0.2, 0.25) is 0 Å². The van der Waals surface area contributed by atoms with Gasteiger partial charge in [0, 0.05) is 5.56 Å². The molecule has 0 atom stereocenters. The molecule has 0 amide bonds. The Bertz CT molecular complexity index is 580. The fraction of sp³-hybridized carbons (Fsp3) is 0.200. The lowest BCUT2D eigenvalue weighted by atomic mass is 10.2. The molecule has 1 aliphatic rings. The quantitative estimate of drug-likeness (QED) is 0.377. The van der Waals surface area contributed by atoms with Crippen LogP contribution in [0.2, 0.25) is 0 Å². The van der Waals surface area contributed by atoms with E-state index in [1.165, 1.54) is 12.1 Å². The fourth-order valence-electron chi connectivity index (χ4n) is 1.37. The topological polar surface area (TPSA) is 68.9 Å². The molecule has 3 N–H and O–H groups in total. The Morgan fingerprint density at radius 3 is 2.55 bits per heavy atom. The van der Waals surface area contributed by atoms with Gasteiger partial charge < -0.3 is 15.2 Å². The zero-order valence-corrected chi connectivity index (χ0v) is 10.4. The van der Waals surface area contributed by atoms with Gasteiger partial charge in [-0.05, 0) is 24.4 Å². The Morgan fingerprint density at radius 2 is 1.90 bits per heavy atom. The van der Waals surface area contributed by atoms with Crippen LogP contribution in [-0.2, 0) is 0 Å². The summed E-state index contributed by atoms with van der Waals surface area (Å²) in [5.74, 6) is -1.09. The van der Waals surface area contributed by atoms with Crippen LogP contribution in [-0.4, -0.2) is 23.5 Å². The molecule has 20 heavy (non-hydrogen) atoms. The van der Waals surface area contributed by atoms with E-state index in [0.29, 0.717) is 0 Å². The number of alkyl halides is 4. The summed E-state index contributed by atoms with van der Waals surface area (Å²) >= 11 is 4.48. The van der Waals surface area contributed by atoms with Crippen molar-refractivity contribution in [1.82, 2.24) is 5.43 Å². The van der Waals surface area contributed by atoms with Crippen LogP contribution in [0.1, 0.15) is 5.56 Å². The summed E-state index contributed by atoms with van der Waals surface area (Å²) < 4.78 is 60.1. The number of halogens is 4. The molecule has 0 unspecified atom stereocenters. The van der Waals surface area contributed by atoms with E-state index in [-0.39, 0.29) is 10.7 Å². The largest absolute Gasteiger partial charge is 0.507 e. The Balaban J connectivity index is 2.36. The molecule has 2 rings (SSSR count). The van der Waals surface area contributed by atoms with Crippen LogP contribution in [0.4, 0.5) is 17.6 Å². The maximum atomic E-state index is 13.1. The first-order valence-electron chi connectivity index (χ1n) is 5.08. The van der Waals surface area contributed by atoms with Crippen molar-refractivity contribution in [2.75, 3.05) is 0 Å². The highest BCUT2D eigenvalue weighted by Gasteiger charge is 2.66. The third-order valence-corrected chi connectivity index (χ3v) is 2.29. The third kappa shape index (κ3) is 2.59. The maximum Gasteiger partial charge on any atom is 0.507 e. The third-order valence-electron chi connectivity index (χ3n) is 2.19. The molecule has 10 heteroatoms. The number of rotatable bonds is 2. The number of hydrogen-bond donors (Lipinski definition) is 2. The zero-order valence-electron chi connectivity index (χ0n) is 9.57. The lowest BCUT2D eigenvalue weighted by Crippen LogP contribution is -2.52. The Kier molecular flexibility index (Phi) is 3.42. The second-order valence-electron chi connectivity index (χ2n) is 3.65. The van der Waals surface area contributed by atoms with Gasteiger partial charge in [-0.25, -0.2) is 0 Å². The van der Waals surface area contributed by atoms with Crippen LogP contribution in [0, 0.1) is 0 Å². The van der Waals surface area contributed by atoms with Crippen LogP contribution in [0.25, 0.3) is 0 Å². The average Bonchev–Trinajstić information content (AvgIpc) is 2.30. The molecule has 0 saturated carbocycles. The van der Waals surface area contributed by atoms with E-state index >= 15 is 0 Å². The molecule has 108 valence electrons. The minimum absolute atomic E-state index is 0.0126. The normalized spacial score (nSPS) is 18.8. The van der Waals surface area contributed by atoms with Gasteiger partial charge in [-0.3, -0.25) is 5.43 Å². The number of nitrogens with zero attached hydrogens (tertiary/aromatic N) is 1. The van der Waals surface area contributed by atoms with E-state index in [0.717, 1.165) is 12.3 Å². The molecule has 1 aromatic carbocycles. The first kappa shape index (κ1) is 14.3.